The van der Waals surface area contributed by atoms with Gasteiger partial charge in [-0.1, -0.05) is 6.07 Å². The quantitative estimate of drug-likeness (QED) is 0.785. The molecule has 2 heterocycles. The first-order chi connectivity index (χ1) is 13.4. The lowest BCUT2D eigenvalue weighted by Gasteiger charge is -2.26. The monoisotopic (exact) mass is 407 g/mol. The third-order valence-corrected chi connectivity index (χ3v) is 7.49. The molecule has 8 nitrogen and oxygen atoms in total. The van der Waals surface area contributed by atoms with Gasteiger partial charge in [0.15, 0.2) is 0 Å². The topological polar surface area (TPSA) is 96.0 Å². The molecule has 1 saturated carbocycles. The van der Waals surface area contributed by atoms with Crippen LogP contribution in [0.3, 0.4) is 0 Å². The van der Waals surface area contributed by atoms with Crippen molar-refractivity contribution in [3.63, 3.8) is 0 Å². The predicted octanol–water partition coefficient (Wildman–Crippen LogP) is 0.965. The van der Waals surface area contributed by atoms with Crippen LogP contribution in [0.1, 0.15) is 24.8 Å². The van der Waals surface area contributed by atoms with Crippen molar-refractivity contribution in [3.8, 4) is 0 Å². The van der Waals surface area contributed by atoms with Crippen molar-refractivity contribution in [2.45, 2.75) is 37.1 Å². The zero-order valence-electron chi connectivity index (χ0n) is 15.9. The molecule has 4 rings (SSSR count). The maximum atomic E-state index is 12.9. The standard InChI is InChI=1S/C19H25N3O5S/c1-13-2-5-16(28(25,26)21-6-8-27-9-7-21)11-17(13)20-19(24)14-10-18(23)22(12-14)15-3-4-15/h2,5,11,14-15H,3-4,6-10,12H2,1H3,(H,20,24). The molecule has 9 heteroatoms. The second-order valence-corrected chi connectivity index (χ2v) is 9.60. The number of carbonyl (C=O) groups excluding carboxylic acids is 2. The van der Waals surface area contributed by atoms with Gasteiger partial charge >= 0.3 is 0 Å². The number of aryl methyl sites for hydroxylation is 1. The second kappa shape index (κ2) is 7.46. The number of sulfonamides is 1. The first kappa shape index (κ1) is 19.4. The Kier molecular flexibility index (Phi) is 5.15. The van der Waals surface area contributed by atoms with Crippen LogP contribution in [0, 0.1) is 12.8 Å². The summed E-state index contributed by atoms with van der Waals surface area (Å²) in [5.41, 5.74) is 1.24. The molecule has 2 saturated heterocycles. The smallest absolute Gasteiger partial charge is 0.243 e. The maximum Gasteiger partial charge on any atom is 0.243 e. The summed E-state index contributed by atoms with van der Waals surface area (Å²) in [6, 6.07) is 5.06. The molecule has 0 spiro atoms. The second-order valence-electron chi connectivity index (χ2n) is 7.66. The van der Waals surface area contributed by atoms with Gasteiger partial charge in [-0.15, -0.1) is 0 Å². The lowest BCUT2D eigenvalue weighted by molar-refractivity contribution is -0.128. The number of ether oxygens (including phenoxy) is 1. The van der Waals surface area contributed by atoms with Crippen molar-refractivity contribution in [1.82, 2.24) is 9.21 Å². The molecule has 28 heavy (non-hydrogen) atoms. The summed E-state index contributed by atoms with van der Waals surface area (Å²) in [4.78, 5) is 26.8. The SMILES string of the molecule is Cc1ccc(S(=O)(=O)N2CCOCC2)cc1NC(=O)C1CC(=O)N(C2CC2)C1. The highest BCUT2D eigenvalue weighted by molar-refractivity contribution is 7.89. The van der Waals surface area contributed by atoms with Gasteiger partial charge < -0.3 is 15.0 Å². The van der Waals surface area contributed by atoms with Gasteiger partial charge in [0.05, 0.1) is 24.0 Å². The van der Waals surface area contributed by atoms with E-state index in [4.69, 9.17) is 4.74 Å². The Bertz CT molecular complexity index is 891. The Morgan fingerprint density at radius 3 is 2.61 bits per heavy atom. The minimum absolute atomic E-state index is 0.0306. The van der Waals surface area contributed by atoms with Crippen molar-refractivity contribution >= 4 is 27.5 Å². The average molecular weight is 407 g/mol. The van der Waals surface area contributed by atoms with Crippen LogP contribution in [0.4, 0.5) is 5.69 Å². The van der Waals surface area contributed by atoms with E-state index < -0.39 is 15.9 Å². The maximum absolute atomic E-state index is 12.9. The van der Waals surface area contributed by atoms with Crippen molar-refractivity contribution in [2.75, 3.05) is 38.2 Å². The van der Waals surface area contributed by atoms with E-state index in [1.54, 1.807) is 17.0 Å². The lowest BCUT2D eigenvalue weighted by atomic mass is 10.1. The molecule has 3 fully saturated rings. The number of hydrogen-bond donors (Lipinski definition) is 1. The van der Waals surface area contributed by atoms with E-state index in [0.29, 0.717) is 44.6 Å². The van der Waals surface area contributed by atoms with Crippen LogP contribution in [0.5, 0.6) is 0 Å². The van der Waals surface area contributed by atoms with E-state index in [9.17, 15) is 18.0 Å². The Morgan fingerprint density at radius 1 is 1.21 bits per heavy atom. The molecule has 2 amide bonds. The molecule has 152 valence electrons. The summed E-state index contributed by atoms with van der Waals surface area (Å²) in [6.45, 7) is 3.65. The van der Waals surface area contributed by atoms with Crippen molar-refractivity contribution < 1.29 is 22.7 Å². The van der Waals surface area contributed by atoms with E-state index >= 15 is 0 Å². The number of likely N-dealkylation sites (tertiary alicyclic amines) is 1. The van der Waals surface area contributed by atoms with Gasteiger partial charge in [-0.05, 0) is 37.5 Å². The van der Waals surface area contributed by atoms with Crippen molar-refractivity contribution in [3.05, 3.63) is 23.8 Å². The van der Waals surface area contributed by atoms with Crippen LogP contribution in [0.15, 0.2) is 23.1 Å². The highest BCUT2D eigenvalue weighted by atomic mass is 32.2. The number of anilines is 1. The highest BCUT2D eigenvalue weighted by Crippen LogP contribution is 2.33. The Labute approximate surface area is 164 Å². The van der Waals surface area contributed by atoms with Crippen molar-refractivity contribution in [2.24, 2.45) is 5.92 Å². The van der Waals surface area contributed by atoms with Gasteiger partial charge in [0.2, 0.25) is 21.8 Å². The number of nitrogens with one attached hydrogen (secondary N) is 1. The fourth-order valence-electron chi connectivity index (χ4n) is 3.71. The van der Waals surface area contributed by atoms with E-state index in [2.05, 4.69) is 5.32 Å². The third-order valence-electron chi connectivity index (χ3n) is 5.59. The fourth-order valence-corrected chi connectivity index (χ4v) is 5.15. The summed E-state index contributed by atoms with van der Waals surface area (Å²) in [5.74, 6) is -0.601. The Balaban J connectivity index is 1.49. The first-order valence-electron chi connectivity index (χ1n) is 9.65. The first-order valence-corrected chi connectivity index (χ1v) is 11.1. The molecule has 1 aromatic carbocycles. The molecule has 0 bridgehead atoms. The number of amides is 2. The molecule has 0 radical (unpaired) electrons. The molecule has 1 unspecified atom stereocenters. The number of carbonyl (C=O) groups is 2. The zero-order chi connectivity index (χ0) is 19.9. The van der Waals surface area contributed by atoms with Crippen LogP contribution in [0.25, 0.3) is 0 Å². The minimum Gasteiger partial charge on any atom is -0.379 e. The number of nitrogens with zero attached hydrogens (tertiary/aromatic N) is 2. The largest absolute Gasteiger partial charge is 0.379 e. The molecule has 2 aliphatic heterocycles. The highest BCUT2D eigenvalue weighted by Gasteiger charge is 2.41. The fraction of sp³-hybridized carbons (Fsp3) is 0.579. The van der Waals surface area contributed by atoms with Crippen LogP contribution in [0.2, 0.25) is 0 Å². The van der Waals surface area contributed by atoms with Crippen LogP contribution in [-0.2, 0) is 24.3 Å². The normalized spacial score (nSPS) is 23.8. The molecular formula is C19H25N3O5S. The van der Waals surface area contributed by atoms with Gasteiger partial charge in [-0.2, -0.15) is 4.31 Å². The molecule has 1 atom stereocenters. The van der Waals surface area contributed by atoms with Crippen LogP contribution in [-0.4, -0.2) is 68.3 Å². The molecule has 3 aliphatic rings. The Hall–Kier alpha value is -1.97. The van der Waals surface area contributed by atoms with Gasteiger partial charge in [-0.3, -0.25) is 9.59 Å². The summed E-state index contributed by atoms with van der Waals surface area (Å²) >= 11 is 0. The van der Waals surface area contributed by atoms with Crippen LogP contribution < -0.4 is 5.32 Å². The predicted molar refractivity (Wildman–Crippen MR) is 102 cm³/mol. The van der Waals surface area contributed by atoms with Crippen molar-refractivity contribution in [1.29, 1.82) is 0 Å². The van der Waals surface area contributed by atoms with E-state index in [1.807, 2.05) is 6.92 Å². The van der Waals surface area contributed by atoms with Gasteiger partial charge in [0.1, 0.15) is 0 Å². The van der Waals surface area contributed by atoms with Gasteiger partial charge in [0.25, 0.3) is 0 Å². The minimum atomic E-state index is -3.64. The van der Waals surface area contributed by atoms with E-state index in [-0.39, 0.29) is 23.1 Å². The number of benzene rings is 1. The average Bonchev–Trinajstić information content (AvgIpc) is 3.45. The summed E-state index contributed by atoms with van der Waals surface area (Å²) in [6.07, 6.45) is 2.24. The third kappa shape index (κ3) is 3.78. The zero-order valence-corrected chi connectivity index (χ0v) is 16.7. The number of rotatable bonds is 5. The van der Waals surface area contributed by atoms with E-state index in [1.165, 1.54) is 10.4 Å². The molecule has 1 aromatic rings. The summed E-state index contributed by atoms with van der Waals surface area (Å²) in [7, 11) is -3.64. The summed E-state index contributed by atoms with van der Waals surface area (Å²) in [5, 5.41) is 2.84. The molecule has 1 aliphatic carbocycles. The number of morpholine rings is 1. The molecule has 1 N–H and O–H groups in total. The lowest BCUT2D eigenvalue weighted by Crippen LogP contribution is -2.40. The van der Waals surface area contributed by atoms with Gasteiger partial charge in [-0.25, -0.2) is 8.42 Å². The van der Waals surface area contributed by atoms with Gasteiger partial charge in [0, 0.05) is 37.8 Å². The van der Waals surface area contributed by atoms with E-state index in [0.717, 1.165) is 18.4 Å². The molecule has 0 aromatic heterocycles. The number of hydrogen-bond acceptors (Lipinski definition) is 5. The van der Waals surface area contributed by atoms with Crippen LogP contribution >= 0.6 is 0 Å². The molecular weight excluding hydrogens is 382 g/mol. The summed E-state index contributed by atoms with van der Waals surface area (Å²) < 4.78 is 32.4. The Morgan fingerprint density at radius 2 is 1.93 bits per heavy atom.